The van der Waals surface area contributed by atoms with Gasteiger partial charge < -0.3 is 0 Å². The third-order valence-corrected chi connectivity index (χ3v) is 2.07. The number of hydrogen-bond donors (Lipinski definition) is 0. The highest BCUT2D eigenvalue weighted by Gasteiger charge is 2.16. The molecule has 78 valence electrons. The Bertz CT molecular complexity index is 445. The van der Waals surface area contributed by atoms with Crippen molar-refractivity contribution in [2.75, 3.05) is 0 Å². The molecule has 0 spiro atoms. The minimum absolute atomic E-state index is 0.213. The molecule has 15 heavy (non-hydrogen) atoms. The summed E-state index contributed by atoms with van der Waals surface area (Å²) in [6, 6.07) is 2.27. The van der Waals surface area contributed by atoms with Crippen molar-refractivity contribution in [3.8, 4) is 0 Å². The Morgan fingerprint density at radius 1 is 1.47 bits per heavy atom. The van der Waals surface area contributed by atoms with Gasteiger partial charge >= 0.3 is 0 Å². The van der Waals surface area contributed by atoms with E-state index in [0.29, 0.717) is 6.29 Å². The summed E-state index contributed by atoms with van der Waals surface area (Å²) < 4.78 is 13.6. The zero-order valence-electron chi connectivity index (χ0n) is 7.31. The van der Waals surface area contributed by atoms with E-state index >= 15 is 0 Å². The zero-order chi connectivity index (χ0) is 11.4. The van der Waals surface area contributed by atoms with Crippen molar-refractivity contribution >= 4 is 34.0 Å². The fourth-order valence-corrected chi connectivity index (χ4v) is 1.44. The van der Waals surface area contributed by atoms with Crippen LogP contribution >= 0.6 is 15.9 Å². The molecule has 0 fully saturated rings. The molecule has 1 aromatic rings. The molecule has 0 radical (unpaired) electrons. The lowest BCUT2D eigenvalue weighted by molar-refractivity contribution is -0.385. The smallest absolute Gasteiger partial charge is 0.280 e. The van der Waals surface area contributed by atoms with Crippen LogP contribution < -0.4 is 0 Å². The average molecular weight is 274 g/mol. The number of aldehydes is 1. The van der Waals surface area contributed by atoms with Crippen molar-refractivity contribution < 1.29 is 14.1 Å². The summed E-state index contributed by atoms with van der Waals surface area (Å²) in [5, 5.41) is 10.6. The quantitative estimate of drug-likeness (QED) is 0.368. The summed E-state index contributed by atoms with van der Waals surface area (Å²) >= 11 is 2.95. The van der Waals surface area contributed by atoms with Gasteiger partial charge in [0.15, 0.2) is 0 Å². The number of carbonyl (C=O) groups is 1. The van der Waals surface area contributed by atoms with E-state index in [9.17, 15) is 19.3 Å². The first-order valence-corrected chi connectivity index (χ1v) is 4.61. The van der Waals surface area contributed by atoms with Crippen LogP contribution in [0.1, 0.15) is 5.56 Å². The second-order valence-corrected chi connectivity index (χ2v) is 3.49. The normalized spacial score (nSPS) is 10.5. The summed E-state index contributed by atoms with van der Waals surface area (Å²) in [7, 11) is 0. The number of hydrogen-bond acceptors (Lipinski definition) is 3. The number of nitrogens with zero attached hydrogens (tertiary/aromatic N) is 1. The van der Waals surface area contributed by atoms with E-state index in [-0.39, 0.29) is 15.7 Å². The van der Waals surface area contributed by atoms with Crippen LogP contribution in [0.4, 0.5) is 10.1 Å². The summed E-state index contributed by atoms with van der Waals surface area (Å²) in [5.41, 5.74) is -0.602. The number of nitro groups is 1. The van der Waals surface area contributed by atoms with E-state index in [1.165, 1.54) is 6.07 Å². The highest BCUT2D eigenvalue weighted by Crippen LogP contribution is 2.27. The first kappa shape index (κ1) is 11.5. The molecule has 0 heterocycles. The van der Waals surface area contributed by atoms with Gasteiger partial charge in [0.1, 0.15) is 12.1 Å². The maximum atomic E-state index is 13.3. The molecule has 6 heteroatoms. The predicted octanol–water partition coefficient (Wildman–Crippen LogP) is 2.71. The van der Waals surface area contributed by atoms with Gasteiger partial charge in [-0.15, -0.1) is 0 Å². The van der Waals surface area contributed by atoms with Gasteiger partial charge in [0, 0.05) is 10.5 Å². The van der Waals surface area contributed by atoms with Gasteiger partial charge in [0.2, 0.25) is 0 Å². The molecule has 0 unspecified atom stereocenters. The van der Waals surface area contributed by atoms with E-state index in [1.807, 2.05) is 0 Å². The summed E-state index contributed by atoms with van der Waals surface area (Å²) in [5.74, 6) is -0.755. The third-order valence-electron chi connectivity index (χ3n) is 1.61. The number of halogens is 2. The molecule has 0 saturated heterocycles. The van der Waals surface area contributed by atoms with Crippen LogP contribution in [-0.4, -0.2) is 11.2 Å². The van der Waals surface area contributed by atoms with Gasteiger partial charge in [0.05, 0.1) is 10.5 Å². The Morgan fingerprint density at radius 2 is 2.13 bits per heavy atom. The van der Waals surface area contributed by atoms with Crippen LogP contribution in [0, 0.1) is 15.9 Å². The first-order chi connectivity index (χ1) is 7.06. The van der Waals surface area contributed by atoms with Crippen molar-refractivity contribution in [2.24, 2.45) is 0 Å². The largest absolute Gasteiger partial charge is 0.299 e. The standard InChI is InChI=1S/C9H5BrFNO3/c10-6-4-8(11)7(2-1-3-13)9(5-6)12(14)15/h1-5H. The van der Waals surface area contributed by atoms with Crippen molar-refractivity contribution in [3.05, 3.63) is 44.2 Å². The Balaban J connectivity index is 3.39. The van der Waals surface area contributed by atoms with E-state index in [2.05, 4.69) is 15.9 Å². The SMILES string of the molecule is O=CC=Cc1c(F)cc(Br)cc1[N+](=O)[O-]. The first-order valence-electron chi connectivity index (χ1n) is 3.81. The van der Waals surface area contributed by atoms with Crippen molar-refractivity contribution in [1.82, 2.24) is 0 Å². The monoisotopic (exact) mass is 273 g/mol. The van der Waals surface area contributed by atoms with Gasteiger partial charge in [-0.25, -0.2) is 4.39 Å². The Hall–Kier alpha value is -1.56. The predicted molar refractivity (Wildman–Crippen MR) is 55.9 cm³/mol. The van der Waals surface area contributed by atoms with Crippen LogP contribution in [0.3, 0.4) is 0 Å². The number of benzene rings is 1. The molecule has 0 bridgehead atoms. The second-order valence-electron chi connectivity index (χ2n) is 2.57. The van der Waals surface area contributed by atoms with Crippen molar-refractivity contribution in [1.29, 1.82) is 0 Å². The van der Waals surface area contributed by atoms with Crippen LogP contribution in [0.15, 0.2) is 22.7 Å². The lowest BCUT2D eigenvalue weighted by Crippen LogP contribution is -1.94. The van der Waals surface area contributed by atoms with E-state index < -0.39 is 10.7 Å². The fourth-order valence-electron chi connectivity index (χ4n) is 1.02. The molecule has 0 amide bonds. The molecular formula is C9H5BrFNO3. The number of nitro benzene ring substituents is 1. The van der Waals surface area contributed by atoms with Crippen LogP contribution in [0.5, 0.6) is 0 Å². The van der Waals surface area contributed by atoms with E-state index in [4.69, 9.17) is 0 Å². The maximum absolute atomic E-state index is 13.3. The van der Waals surface area contributed by atoms with Crippen LogP contribution in [0.25, 0.3) is 6.08 Å². The van der Waals surface area contributed by atoms with Crippen LogP contribution in [0.2, 0.25) is 0 Å². The summed E-state index contributed by atoms with van der Waals surface area (Å²) in [6.07, 6.45) is 2.48. The van der Waals surface area contributed by atoms with Gasteiger partial charge in [-0.2, -0.15) is 0 Å². The van der Waals surface area contributed by atoms with Crippen molar-refractivity contribution in [3.63, 3.8) is 0 Å². The van der Waals surface area contributed by atoms with Gasteiger partial charge in [-0.3, -0.25) is 14.9 Å². The topological polar surface area (TPSA) is 60.2 Å². The molecular weight excluding hydrogens is 269 g/mol. The average Bonchev–Trinajstić information content (AvgIpc) is 2.15. The van der Waals surface area contributed by atoms with Gasteiger partial charge in [0.25, 0.3) is 5.69 Å². The molecule has 1 aromatic carbocycles. The Labute approximate surface area is 92.7 Å². The number of allylic oxidation sites excluding steroid dienone is 1. The molecule has 4 nitrogen and oxygen atoms in total. The number of carbonyl (C=O) groups excluding carboxylic acids is 1. The lowest BCUT2D eigenvalue weighted by Gasteiger charge is -2.00. The number of rotatable bonds is 3. The highest BCUT2D eigenvalue weighted by molar-refractivity contribution is 9.10. The zero-order valence-corrected chi connectivity index (χ0v) is 8.90. The van der Waals surface area contributed by atoms with Crippen LogP contribution in [-0.2, 0) is 4.79 Å². The molecule has 0 N–H and O–H groups in total. The van der Waals surface area contributed by atoms with E-state index in [1.54, 1.807) is 0 Å². The summed E-state index contributed by atoms with van der Waals surface area (Å²) in [6.45, 7) is 0. The second kappa shape index (κ2) is 4.79. The minimum atomic E-state index is -0.755. The fraction of sp³-hybridized carbons (Fsp3) is 0. The molecule has 0 aromatic heterocycles. The van der Waals surface area contributed by atoms with E-state index in [0.717, 1.165) is 18.2 Å². The molecule has 0 aliphatic rings. The molecule has 0 atom stereocenters. The minimum Gasteiger partial charge on any atom is -0.299 e. The summed E-state index contributed by atoms with van der Waals surface area (Å²) in [4.78, 5) is 19.9. The van der Waals surface area contributed by atoms with Gasteiger partial charge in [-0.1, -0.05) is 15.9 Å². The Kier molecular flexibility index (Phi) is 3.68. The third kappa shape index (κ3) is 2.69. The highest BCUT2D eigenvalue weighted by atomic mass is 79.9. The molecule has 0 aliphatic heterocycles. The molecule has 1 rings (SSSR count). The maximum Gasteiger partial charge on any atom is 0.280 e. The van der Waals surface area contributed by atoms with Crippen molar-refractivity contribution in [2.45, 2.75) is 0 Å². The lowest BCUT2D eigenvalue weighted by atomic mass is 10.1. The molecule has 0 aliphatic carbocycles. The van der Waals surface area contributed by atoms with Gasteiger partial charge in [-0.05, 0) is 18.2 Å². The Morgan fingerprint density at radius 3 is 2.67 bits per heavy atom. The molecule has 0 saturated carbocycles.